The van der Waals surface area contributed by atoms with E-state index in [1.807, 2.05) is 43.1 Å². The Morgan fingerprint density at radius 3 is 2.43 bits per heavy atom. The van der Waals surface area contributed by atoms with Gasteiger partial charge in [-0.1, -0.05) is 12.1 Å². The largest absolute Gasteiger partial charge is 0.497 e. The van der Waals surface area contributed by atoms with Crippen molar-refractivity contribution in [3.8, 4) is 5.75 Å². The number of primary sulfonamides is 1. The van der Waals surface area contributed by atoms with Gasteiger partial charge in [0.15, 0.2) is 5.96 Å². The smallest absolute Gasteiger partial charge is 0.210 e. The molecule has 0 bridgehead atoms. The molecule has 0 aliphatic carbocycles. The maximum absolute atomic E-state index is 11.0. The van der Waals surface area contributed by atoms with Crippen LogP contribution in [0.2, 0.25) is 0 Å². The van der Waals surface area contributed by atoms with Gasteiger partial charge in [-0.05, 0) is 24.6 Å². The Morgan fingerprint density at radius 2 is 1.96 bits per heavy atom. The van der Waals surface area contributed by atoms with Crippen LogP contribution in [0.4, 0.5) is 0 Å². The second-order valence-electron chi connectivity index (χ2n) is 4.81. The first-order valence-corrected chi connectivity index (χ1v) is 8.70. The van der Waals surface area contributed by atoms with Crippen molar-refractivity contribution in [1.82, 2.24) is 10.2 Å². The number of hydrogen-bond donors (Lipinski definition) is 2. The lowest BCUT2D eigenvalue weighted by molar-refractivity contribution is 0.414. The number of nitrogens with one attached hydrogen (secondary N) is 1. The van der Waals surface area contributed by atoms with Crippen LogP contribution in [-0.4, -0.2) is 52.3 Å². The number of hydrogen-bond acceptors (Lipinski definition) is 4. The van der Waals surface area contributed by atoms with Crippen LogP contribution in [0.3, 0.4) is 0 Å². The first-order chi connectivity index (χ1) is 10.4. The van der Waals surface area contributed by atoms with Crippen LogP contribution in [-0.2, 0) is 16.6 Å². The summed E-state index contributed by atoms with van der Waals surface area (Å²) in [6.45, 7) is 3.43. The normalized spacial score (nSPS) is 11.6. The molecule has 0 saturated carbocycles. The maximum atomic E-state index is 11.0. The minimum absolute atomic E-state index is 0. The highest BCUT2D eigenvalue weighted by molar-refractivity contribution is 14.0. The van der Waals surface area contributed by atoms with E-state index in [9.17, 15) is 8.42 Å². The molecule has 132 valence electrons. The van der Waals surface area contributed by atoms with Gasteiger partial charge in [-0.25, -0.2) is 13.6 Å². The molecule has 0 radical (unpaired) electrons. The van der Waals surface area contributed by atoms with E-state index in [4.69, 9.17) is 9.88 Å². The lowest BCUT2D eigenvalue weighted by atomic mass is 10.2. The molecule has 0 aliphatic heterocycles. The molecule has 7 nitrogen and oxygen atoms in total. The Hall–Kier alpha value is -1.07. The summed E-state index contributed by atoms with van der Waals surface area (Å²) in [4.78, 5) is 6.20. The zero-order chi connectivity index (χ0) is 16.6. The first-order valence-electron chi connectivity index (χ1n) is 6.98. The lowest BCUT2D eigenvalue weighted by Gasteiger charge is -2.22. The van der Waals surface area contributed by atoms with Crippen molar-refractivity contribution in [1.29, 1.82) is 0 Å². The predicted molar refractivity (Wildman–Crippen MR) is 104 cm³/mol. The van der Waals surface area contributed by atoms with Crippen LogP contribution in [0.25, 0.3) is 0 Å². The first kappa shape index (κ1) is 21.9. The Balaban J connectivity index is 0.00000484. The summed E-state index contributed by atoms with van der Waals surface area (Å²) in [5.41, 5.74) is 1.10. The summed E-state index contributed by atoms with van der Waals surface area (Å²) in [5, 5.41) is 8.11. The van der Waals surface area contributed by atoms with Gasteiger partial charge in [0.2, 0.25) is 10.0 Å². The molecule has 0 aromatic heterocycles. The Morgan fingerprint density at radius 1 is 1.35 bits per heavy atom. The quantitative estimate of drug-likeness (QED) is 0.363. The Bertz CT molecular complexity index is 591. The molecule has 0 aliphatic rings. The van der Waals surface area contributed by atoms with Gasteiger partial charge in [0.05, 0.1) is 19.4 Å². The highest BCUT2D eigenvalue weighted by Gasteiger charge is 2.08. The number of guanidine groups is 1. The summed E-state index contributed by atoms with van der Waals surface area (Å²) in [7, 11) is 0.0248. The van der Waals surface area contributed by atoms with Crippen LogP contribution >= 0.6 is 24.0 Å². The molecule has 0 unspecified atom stereocenters. The highest BCUT2D eigenvalue weighted by atomic mass is 127. The van der Waals surface area contributed by atoms with Crippen LogP contribution in [0.1, 0.15) is 12.5 Å². The third-order valence-corrected chi connectivity index (χ3v) is 3.66. The summed E-state index contributed by atoms with van der Waals surface area (Å²) in [6, 6.07) is 7.74. The molecular weight excluding hydrogens is 431 g/mol. The van der Waals surface area contributed by atoms with Crippen molar-refractivity contribution in [3.05, 3.63) is 29.8 Å². The standard InChI is InChI=1S/C14H24N4O3S.HI/c1-4-16-14(17-9-10-22(15,19)20)18(2)11-12-5-7-13(21-3)8-6-12;/h5-8H,4,9-11H2,1-3H3,(H,16,17)(H2,15,19,20);1H. The minimum Gasteiger partial charge on any atom is -0.497 e. The molecule has 1 aromatic carbocycles. The number of aliphatic imine (C=N–C) groups is 1. The number of ether oxygens (including phenoxy) is 1. The monoisotopic (exact) mass is 456 g/mol. The van der Waals surface area contributed by atoms with E-state index in [-0.39, 0.29) is 36.3 Å². The van der Waals surface area contributed by atoms with Gasteiger partial charge in [0.1, 0.15) is 5.75 Å². The summed E-state index contributed by atoms with van der Waals surface area (Å²) in [5.74, 6) is 1.28. The zero-order valence-electron chi connectivity index (χ0n) is 13.7. The van der Waals surface area contributed by atoms with Crippen LogP contribution in [0, 0.1) is 0 Å². The Kier molecular flexibility index (Phi) is 10.2. The van der Waals surface area contributed by atoms with Crippen molar-refractivity contribution in [2.45, 2.75) is 13.5 Å². The summed E-state index contributed by atoms with van der Waals surface area (Å²) in [6.07, 6.45) is 0. The number of nitrogens with zero attached hydrogens (tertiary/aromatic N) is 2. The molecule has 1 aromatic rings. The van der Waals surface area contributed by atoms with E-state index >= 15 is 0 Å². The molecular formula is C14H25IN4O3S. The van der Waals surface area contributed by atoms with Gasteiger partial charge in [-0.3, -0.25) is 4.99 Å². The number of nitrogens with two attached hydrogens (primary N) is 1. The third kappa shape index (κ3) is 8.96. The molecule has 1 rings (SSSR count). The number of methoxy groups -OCH3 is 1. The molecule has 0 amide bonds. The summed E-state index contributed by atoms with van der Waals surface area (Å²) >= 11 is 0. The van der Waals surface area contributed by atoms with E-state index < -0.39 is 10.0 Å². The van der Waals surface area contributed by atoms with Crippen LogP contribution in [0.5, 0.6) is 5.75 Å². The van der Waals surface area contributed by atoms with E-state index in [0.717, 1.165) is 11.3 Å². The van der Waals surface area contributed by atoms with Crippen LogP contribution in [0.15, 0.2) is 29.3 Å². The molecule has 0 heterocycles. The average Bonchev–Trinajstić information content (AvgIpc) is 2.46. The van der Waals surface area contributed by atoms with Crippen molar-refractivity contribution in [3.63, 3.8) is 0 Å². The maximum Gasteiger partial charge on any atom is 0.210 e. The van der Waals surface area contributed by atoms with Crippen LogP contribution < -0.4 is 15.2 Å². The van der Waals surface area contributed by atoms with Gasteiger partial charge in [0.25, 0.3) is 0 Å². The van der Waals surface area contributed by atoms with Gasteiger partial charge in [-0.15, -0.1) is 24.0 Å². The van der Waals surface area contributed by atoms with E-state index in [2.05, 4.69) is 10.3 Å². The minimum atomic E-state index is -3.49. The van der Waals surface area contributed by atoms with Crippen molar-refractivity contribution >= 4 is 40.0 Å². The van der Waals surface area contributed by atoms with E-state index in [1.54, 1.807) is 7.11 Å². The average molecular weight is 456 g/mol. The third-order valence-electron chi connectivity index (χ3n) is 2.91. The Labute approximate surface area is 155 Å². The fourth-order valence-electron chi connectivity index (χ4n) is 1.83. The molecule has 0 saturated heterocycles. The van der Waals surface area contributed by atoms with Gasteiger partial charge < -0.3 is 15.0 Å². The number of rotatable bonds is 7. The molecule has 3 N–H and O–H groups in total. The number of halogens is 1. The SMILES string of the molecule is CCNC(=NCCS(N)(=O)=O)N(C)Cc1ccc(OC)cc1.I. The van der Waals surface area contributed by atoms with Gasteiger partial charge >= 0.3 is 0 Å². The molecule has 0 fully saturated rings. The fraction of sp³-hybridized carbons (Fsp3) is 0.500. The fourth-order valence-corrected chi connectivity index (χ4v) is 2.17. The summed E-state index contributed by atoms with van der Waals surface area (Å²) < 4.78 is 27.0. The second-order valence-corrected chi connectivity index (χ2v) is 6.54. The van der Waals surface area contributed by atoms with Gasteiger partial charge in [0, 0.05) is 20.1 Å². The van der Waals surface area contributed by atoms with Crippen molar-refractivity contribution < 1.29 is 13.2 Å². The van der Waals surface area contributed by atoms with Gasteiger partial charge in [-0.2, -0.15) is 0 Å². The predicted octanol–water partition coefficient (Wildman–Crippen LogP) is 0.999. The topological polar surface area (TPSA) is 97.0 Å². The second kappa shape index (κ2) is 10.7. The highest BCUT2D eigenvalue weighted by Crippen LogP contribution is 2.12. The number of benzene rings is 1. The van der Waals surface area contributed by atoms with E-state index in [0.29, 0.717) is 19.0 Å². The molecule has 0 spiro atoms. The molecule has 9 heteroatoms. The van der Waals surface area contributed by atoms with Crippen molar-refractivity contribution in [2.75, 3.05) is 33.0 Å². The van der Waals surface area contributed by atoms with E-state index in [1.165, 1.54) is 0 Å². The number of sulfonamides is 1. The molecule has 23 heavy (non-hydrogen) atoms. The van der Waals surface area contributed by atoms with Crippen molar-refractivity contribution in [2.24, 2.45) is 10.1 Å². The zero-order valence-corrected chi connectivity index (χ0v) is 16.8. The lowest BCUT2D eigenvalue weighted by Crippen LogP contribution is -2.39. The molecule has 0 atom stereocenters.